The highest BCUT2D eigenvalue weighted by molar-refractivity contribution is 6.32. The topological polar surface area (TPSA) is 104 Å². The second-order valence-corrected chi connectivity index (χ2v) is 6.20. The van der Waals surface area contributed by atoms with Crippen LogP contribution in [0.25, 0.3) is 0 Å². The molecule has 1 N–H and O–H groups in total. The summed E-state index contributed by atoms with van der Waals surface area (Å²) in [6.07, 6.45) is -0.195. The minimum Gasteiger partial charge on any atom is -0.502 e. The van der Waals surface area contributed by atoms with Gasteiger partial charge in [-0.2, -0.15) is 0 Å². The van der Waals surface area contributed by atoms with Crippen molar-refractivity contribution >= 4 is 17.6 Å². The molecule has 9 heteroatoms. The van der Waals surface area contributed by atoms with Crippen LogP contribution in [-0.2, 0) is 20.9 Å². The quantitative estimate of drug-likeness (QED) is 0.743. The number of carbonyl (C=O) groups excluding carboxylic acids is 1. The van der Waals surface area contributed by atoms with Gasteiger partial charge in [0.2, 0.25) is 18.0 Å². The number of hydrogen-bond acceptors (Lipinski definition) is 8. The maximum absolute atomic E-state index is 12.1. The van der Waals surface area contributed by atoms with Crippen LogP contribution in [0.5, 0.6) is 17.2 Å². The molecule has 0 radical (unpaired) electrons. The van der Waals surface area contributed by atoms with Gasteiger partial charge in [-0.3, -0.25) is 9.59 Å². The van der Waals surface area contributed by atoms with Crippen LogP contribution in [0, 0.1) is 0 Å². The average molecular weight is 397 g/mol. The number of methoxy groups -OCH3 is 2. The van der Waals surface area contributed by atoms with Crippen LogP contribution >= 0.6 is 11.6 Å². The fraction of sp³-hybridized carbons (Fsp3) is 0.333. The van der Waals surface area contributed by atoms with Crippen molar-refractivity contribution in [1.82, 2.24) is 0 Å². The monoisotopic (exact) mass is 396 g/mol. The van der Waals surface area contributed by atoms with E-state index in [-0.39, 0.29) is 36.4 Å². The lowest BCUT2D eigenvalue weighted by Gasteiger charge is -2.18. The first-order chi connectivity index (χ1) is 12.9. The predicted octanol–water partition coefficient (Wildman–Crippen LogP) is 2.57. The van der Waals surface area contributed by atoms with E-state index in [9.17, 15) is 14.7 Å². The van der Waals surface area contributed by atoms with Gasteiger partial charge in [-0.15, -0.1) is 0 Å². The normalized spacial score (nSPS) is 13.4. The molecule has 0 saturated heterocycles. The minimum absolute atomic E-state index is 0.0177. The number of ether oxygens (including phenoxy) is 4. The van der Waals surface area contributed by atoms with Crippen molar-refractivity contribution in [2.24, 2.45) is 0 Å². The van der Waals surface area contributed by atoms with Crippen LogP contribution in [0.4, 0.5) is 0 Å². The summed E-state index contributed by atoms with van der Waals surface area (Å²) in [7, 11) is 2.68. The highest BCUT2D eigenvalue weighted by Crippen LogP contribution is 2.44. The van der Waals surface area contributed by atoms with E-state index >= 15 is 0 Å². The summed E-state index contributed by atoms with van der Waals surface area (Å²) in [5.41, 5.74) is -0.160. The van der Waals surface area contributed by atoms with Crippen molar-refractivity contribution < 1.29 is 33.3 Å². The number of rotatable bonds is 6. The lowest BCUT2D eigenvalue weighted by molar-refractivity contribution is -0.140. The van der Waals surface area contributed by atoms with Crippen molar-refractivity contribution in [2.75, 3.05) is 21.0 Å². The van der Waals surface area contributed by atoms with Gasteiger partial charge in [0, 0.05) is 13.2 Å². The van der Waals surface area contributed by atoms with E-state index in [1.165, 1.54) is 14.2 Å². The van der Waals surface area contributed by atoms with Gasteiger partial charge in [-0.05, 0) is 17.7 Å². The SMILES string of the molecule is COCc1cc(=O)c(O)c(C(CC(=O)OC)c2cc(Cl)c3c(c2)OCO3)o1. The molecule has 0 bridgehead atoms. The van der Waals surface area contributed by atoms with Gasteiger partial charge in [0.1, 0.15) is 12.4 Å². The van der Waals surface area contributed by atoms with Gasteiger partial charge in [-0.1, -0.05) is 11.6 Å². The van der Waals surface area contributed by atoms with Crippen LogP contribution in [0.3, 0.4) is 0 Å². The molecule has 1 aliphatic rings. The number of fused-ring (bicyclic) bond motifs is 1. The van der Waals surface area contributed by atoms with Crippen molar-refractivity contribution in [3.63, 3.8) is 0 Å². The molecule has 0 saturated carbocycles. The van der Waals surface area contributed by atoms with E-state index in [4.69, 9.17) is 35.0 Å². The van der Waals surface area contributed by atoms with Crippen molar-refractivity contribution in [3.8, 4) is 17.2 Å². The largest absolute Gasteiger partial charge is 0.502 e. The molecule has 0 amide bonds. The van der Waals surface area contributed by atoms with Crippen molar-refractivity contribution in [1.29, 1.82) is 0 Å². The summed E-state index contributed by atoms with van der Waals surface area (Å²) in [5, 5.41) is 10.6. The van der Waals surface area contributed by atoms with Gasteiger partial charge >= 0.3 is 5.97 Å². The first-order valence-corrected chi connectivity index (χ1v) is 8.33. The lowest BCUT2D eigenvalue weighted by atomic mass is 9.91. The molecular weight excluding hydrogens is 380 g/mol. The number of benzene rings is 1. The van der Waals surface area contributed by atoms with Gasteiger partial charge in [0.05, 0.1) is 24.5 Å². The number of hydrogen-bond donors (Lipinski definition) is 1. The zero-order valence-corrected chi connectivity index (χ0v) is 15.4. The summed E-state index contributed by atoms with van der Waals surface area (Å²) in [6, 6.07) is 4.31. The highest BCUT2D eigenvalue weighted by atomic mass is 35.5. The molecule has 0 aliphatic carbocycles. The number of aromatic hydroxyl groups is 1. The molecule has 1 aromatic carbocycles. The minimum atomic E-state index is -0.839. The summed E-state index contributed by atoms with van der Waals surface area (Å²) < 4.78 is 26.0. The van der Waals surface area contributed by atoms with Gasteiger partial charge in [0.25, 0.3) is 0 Å². The van der Waals surface area contributed by atoms with Crippen LogP contribution in [-0.4, -0.2) is 32.1 Å². The molecule has 1 aliphatic heterocycles. The van der Waals surface area contributed by atoms with E-state index in [0.717, 1.165) is 6.07 Å². The second-order valence-electron chi connectivity index (χ2n) is 5.79. The molecule has 2 aromatic rings. The standard InChI is InChI=1S/C18H17ClO8/c1-23-7-10-5-13(20)16(22)17(27-10)11(6-15(21)24-2)9-3-12(19)18-14(4-9)25-8-26-18/h3-5,11,22H,6-8H2,1-2H3. The van der Waals surface area contributed by atoms with E-state index in [1.54, 1.807) is 12.1 Å². The van der Waals surface area contributed by atoms with Crippen LogP contribution < -0.4 is 14.9 Å². The van der Waals surface area contributed by atoms with Gasteiger partial charge in [0.15, 0.2) is 17.3 Å². The molecule has 1 aromatic heterocycles. The van der Waals surface area contributed by atoms with E-state index < -0.39 is 23.1 Å². The van der Waals surface area contributed by atoms with E-state index in [2.05, 4.69) is 0 Å². The molecule has 2 heterocycles. The molecule has 27 heavy (non-hydrogen) atoms. The van der Waals surface area contributed by atoms with Gasteiger partial charge < -0.3 is 28.5 Å². The Balaban J connectivity index is 2.14. The Morgan fingerprint density at radius 2 is 2.07 bits per heavy atom. The molecule has 0 spiro atoms. The fourth-order valence-electron chi connectivity index (χ4n) is 2.81. The fourth-order valence-corrected chi connectivity index (χ4v) is 3.08. The second kappa shape index (κ2) is 7.89. The Labute approximate surface area is 159 Å². The predicted molar refractivity (Wildman–Crippen MR) is 93.4 cm³/mol. The third kappa shape index (κ3) is 3.86. The van der Waals surface area contributed by atoms with Gasteiger partial charge in [-0.25, -0.2) is 0 Å². The Bertz CT molecular complexity index is 920. The summed E-state index contributed by atoms with van der Waals surface area (Å²) in [6.45, 7) is 0.0409. The van der Waals surface area contributed by atoms with E-state index in [0.29, 0.717) is 17.1 Å². The zero-order chi connectivity index (χ0) is 19.6. The maximum Gasteiger partial charge on any atom is 0.306 e. The summed E-state index contributed by atoms with van der Waals surface area (Å²) in [4.78, 5) is 24.1. The molecule has 0 fully saturated rings. The highest BCUT2D eigenvalue weighted by Gasteiger charge is 2.29. The maximum atomic E-state index is 12.1. The smallest absolute Gasteiger partial charge is 0.306 e. The Morgan fingerprint density at radius 3 is 2.78 bits per heavy atom. The van der Waals surface area contributed by atoms with Crippen LogP contribution in [0.1, 0.15) is 29.4 Å². The van der Waals surface area contributed by atoms with Crippen molar-refractivity contribution in [3.05, 3.63) is 50.5 Å². The number of carbonyl (C=O) groups is 1. The lowest BCUT2D eigenvalue weighted by Crippen LogP contribution is -2.14. The van der Waals surface area contributed by atoms with Crippen LogP contribution in [0.15, 0.2) is 27.4 Å². The zero-order valence-electron chi connectivity index (χ0n) is 14.6. The Morgan fingerprint density at radius 1 is 1.30 bits per heavy atom. The third-order valence-corrected chi connectivity index (χ3v) is 4.33. The average Bonchev–Trinajstić information content (AvgIpc) is 3.12. The third-order valence-electron chi connectivity index (χ3n) is 4.05. The molecule has 144 valence electrons. The molecule has 1 unspecified atom stereocenters. The first-order valence-electron chi connectivity index (χ1n) is 7.95. The Kier molecular flexibility index (Phi) is 5.57. The van der Waals surface area contributed by atoms with Crippen LogP contribution in [0.2, 0.25) is 5.02 Å². The summed E-state index contributed by atoms with van der Waals surface area (Å²) in [5.74, 6) is -1.11. The first kappa shape index (κ1) is 19.1. The molecule has 8 nitrogen and oxygen atoms in total. The molecule has 1 atom stereocenters. The molecule has 3 rings (SSSR count). The van der Waals surface area contributed by atoms with Crippen molar-refractivity contribution in [2.45, 2.75) is 18.9 Å². The van der Waals surface area contributed by atoms with E-state index in [1.807, 2.05) is 0 Å². The number of halogens is 1. The molecular formula is C18H17ClO8. The Hall–Kier alpha value is -2.71. The summed E-state index contributed by atoms with van der Waals surface area (Å²) >= 11 is 6.23. The number of esters is 1.